The van der Waals surface area contributed by atoms with Crippen molar-refractivity contribution in [2.45, 2.75) is 45.3 Å². The van der Waals surface area contributed by atoms with Crippen molar-refractivity contribution >= 4 is 17.9 Å². The minimum atomic E-state index is -0.453. The van der Waals surface area contributed by atoms with Gasteiger partial charge >= 0.3 is 6.09 Å². The topological polar surface area (TPSA) is 50.8 Å². The van der Waals surface area contributed by atoms with Crippen LogP contribution in [0.1, 0.15) is 39.2 Å². The summed E-state index contributed by atoms with van der Waals surface area (Å²) in [4.78, 5) is 13.9. The highest BCUT2D eigenvalue weighted by Gasteiger charge is 2.27. The first kappa shape index (κ1) is 18.2. The number of nitrogens with one attached hydrogen (secondary N) is 1. The number of carbonyl (C=O) groups is 1. The lowest BCUT2D eigenvalue weighted by atomic mass is 10.0. The van der Waals surface area contributed by atoms with E-state index in [1.165, 1.54) is 0 Å². The Morgan fingerprint density at radius 3 is 2.54 bits per heavy atom. The molecule has 0 aromatic heterocycles. The standard InChI is InChI=1S/C19H28N2O3/c1-6-15-16(8-7-9-17(15)23-5)20-14-10-12-21(13-11-14)18(22)24-19(2,3)4/h6-9,14,20H,1,10-13H2,2-5H3. The first-order chi connectivity index (χ1) is 11.3. The summed E-state index contributed by atoms with van der Waals surface area (Å²) in [5.41, 5.74) is 1.53. The maximum atomic E-state index is 12.1. The summed E-state index contributed by atoms with van der Waals surface area (Å²) in [6, 6.07) is 6.23. The molecule has 1 aromatic carbocycles. The SMILES string of the molecule is C=Cc1c(NC2CCN(C(=O)OC(C)(C)C)CC2)cccc1OC. The van der Waals surface area contributed by atoms with Crippen LogP contribution in [-0.4, -0.2) is 42.8 Å². The Hall–Kier alpha value is -2.17. The van der Waals surface area contributed by atoms with Crippen LogP contribution in [0.4, 0.5) is 10.5 Å². The van der Waals surface area contributed by atoms with E-state index in [0.717, 1.165) is 29.8 Å². The maximum absolute atomic E-state index is 12.1. The number of nitrogens with zero attached hydrogens (tertiary/aromatic N) is 1. The summed E-state index contributed by atoms with van der Waals surface area (Å²) in [6.07, 6.45) is 3.34. The Kier molecular flexibility index (Phi) is 5.75. The Morgan fingerprint density at radius 1 is 1.33 bits per heavy atom. The van der Waals surface area contributed by atoms with Gasteiger partial charge in [0.1, 0.15) is 11.4 Å². The molecule has 0 radical (unpaired) electrons. The molecule has 0 atom stereocenters. The van der Waals surface area contributed by atoms with Crippen LogP contribution in [0.15, 0.2) is 24.8 Å². The van der Waals surface area contributed by atoms with E-state index in [-0.39, 0.29) is 6.09 Å². The lowest BCUT2D eigenvalue weighted by Crippen LogP contribution is -2.44. The third kappa shape index (κ3) is 4.66. The quantitative estimate of drug-likeness (QED) is 0.900. The van der Waals surface area contributed by atoms with E-state index in [4.69, 9.17) is 9.47 Å². The van der Waals surface area contributed by atoms with Crippen LogP contribution >= 0.6 is 0 Å². The van der Waals surface area contributed by atoms with Gasteiger partial charge in [-0.1, -0.05) is 18.7 Å². The molecule has 1 saturated heterocycles. The Labute approximate surface area is 144 Å². The van der Waals surface area contributed by atoms with E-state index in [9.17, 15) is 4.79 Å². The van der Waals surface area contributed by atoms with Gasteiger partial charge in [0.25, 0.3) is 0 Å². The van der Waals surface area contributed by atoms with E-state index >= 15 is 0 Å². The molecular formula is C19H28N2O3. The van der Waals surface area contributed by atoms with Crippen LogP contribution in [0, 0.1) is 0 Å². The van der Waals surface area contributed by atoms with Gasteiger partial charge in [-0.25, -0.2) is 4.79 Å². The van der Waals surface area contributed by atoms with Crippen molar-refractivity contribution in [2.24, 2.45) is 0 Å². The predicted octanol–water partition coefficient (Wildman–Crippen LogP) is 4.15. The summed E-state index contributed by atoms with van der Waals surface area (Å²) in [5, 5.41) is 3.55. The Balaban J connectivity index is 1.94. The number of hydrogen-bond donors (Lipinski definition) is 1. The molecule has 1 aromatic rings. The lowest BCUT2D eigenvalue weighted by Gasteiger charge is -2.34. The molecular weight excluding hydrogens is 304 g/mol. The zero-order valence-corrected chi connectivity index (χ0v) is 15.1. The number of carbonyl (C=O) groups excluding carboxylic acids is 1. The van der Waals surface area contributed by atoms with Gasteiger partial charge in [0, 0.05) is 30.4 Å². The zero-order valence-electron chi connectivity index (χ0n) is 15.1. The van der Waals surface area contributed by atoms with Gasteiger partial charge in [-0.05, 0) is 45.7 Å². The highest BCUT2D eigenvalue weighted by atomic mass is 16.6. The van der Waals surface area contributed by atoms with E-state index in [0.29, 0.717) is 19.1 Å². The molecule has 1 amide bonds. The van der Waals surface area contributed by atoms with E-state index in [1.807, 2.05) is 39.0 Å². The molecule has 1 N–H and O–H groups in total. The van der Waals surface area contributed by atoms with E-state index in [1.54, 1.807) is 18.1 Å². The van der Waals surface area contributed by atoms with Gasteiger partial charge in [0.05, 0.1) is 7.11 Å². The molecule has 5 heteroatoms. The summed E-state index contributed by atoms with van der Waals surface area (Å²) in [7, 11) is 1.66. The molecule has 1 aliphatic rings. The Bertz CT molecular complexity index is 585. The van der Waals surface area contributed by atoms with Crippen LogP contribution in [0.3, 0.4) is 0 Å². The van der Waals surface area contributed by atoms with Crippen LogP contribution in [0.5, 0.6) is 5.75 Å². The minimum Gasteiger partial charge on any atom is -0.496 e. The number of amides is 1. The number of ether oxygens (including phenoxy) is 2. The average molecular weight is 332 g/mol. The highest BCUT2D eigenvalue weighted by Crippen LogP contribution is 2.29. The number of benzene rings is 1. The molecule has 0 unspecified atom stereocenters. The molecule has 5 nitrogen and oxygen atoms in total. The predicted molar refractivity (Wildman–Crippen MR) is 97.5 cm³/mol. The summed E-state index contributed by atoms with van der Waals surface area (Å²) < 4.78 is 10.8. The Morgan fingerprint density at radius 2 is 2.00 bits per heavy atom. The van der Waals surface area contributed by atoms with Crippen molar-refractivity contribution in [3.05, 3.63) is 30.3 Å². The van der Waals surface area contributed by atoms with Gasteiger partial charge in [0.2, 0.25) is 0 Å². The number of anilines is 1. The van der Waals surface area contributed by atoms with Crippen molar-refractivity contribution in [3.8, 4) is 5.75 Å². The third-order valence-electron chi connectivity index (χ3n) is 4.00. The number of likely N-dealkylation sites (tertiary alicyclic amines) is 1. The third-order valence-corrected chi connectivity index (χ3v) is 4.00. The zero-order chi connectivity index (χ0) is 17.7. The van der Waals surface area contributed by atoms with Crippen LogP contribution in [0.2, 0.25) is 0 Å². The molecule has 2 rings (SSSR count). The minimum absolute atomic E-state index is 0.228. The molecule has 1 heterocycles. The molecule has 1 aliphatic heterocycles. The molecule has 0 spiro atoms. The summed E-state index contributed by atoms with van der Waals surface area (Å²) in [6.45, 7) is 10.9. The van der Waals surface area contributed by atoms with Gasteiger partial charge in [-0.15, -0.1) is 0 Å². The van der Waals surface area contributed by atoms with Crippen LogP contribution < -0.4 is 10.1 Å². The monoisotopic (exact) mass is 332 g/mol. The normalized spacial score (nSPS) is 15.8. The largest absolute Gasteiger partial charge is 0.496 e. The number of rotatable bonds is 4. The first-order valence-electron chi connectivity index (χ1n) is 8.38. The molecule has 1 fully saturated rings. The molecule has 132 valence electrons. The van der Waals surface area contributed by atoms with E-state index < -0.39 is 5.60 Å². The van der Waals surface area contributed by atoms with Gasteiger partial charge in [-0.2, -0.15) is 0 Å². The molecule has 24 heavy (non-hydrogen) atoms. The van der Waals surface area contributed by atoms with Crippen molar-refractivity contribution in [2.75, 3.05) is 25.5 Å². The second kappa shape index (κ2) is 7.60. The van der Waals surface area contributed by atoms with Crippen molar-refractivity contribution in [3.63, 3.8) is 0 Å². The number of piperidine rings is 1. The fourth-order valence-electron chi connectivity index (χ4n) is 2.81. The average Bonchev–Trinajstić information content (AvgIpc) is 2.53. The second-order valence-corrected chi connectivity index (χ2v) is 7.01. The molecule has 0 bridgehead atoms. The smallest absolute Gasteiger partial charge is 0.410 e. The maximum Gasteiger partial charge on any atom is 0.410 e. The number of hydrogen-bond acceptors (Lipinski definition) is 4. The molecule has 0 aliphatic carbocycles. The first-order valence-corrected chi connectivity index (χ1v) is 8.38. The van der Waals surface area contributed by atoms with Crippen molar-refractivity contribution < 1.29 is 14.3 Å². The van der Waals surface area contributed by atoms with Crippen molar-refractivity contribution in [1.29, 1.82) is 0 Å². The second-order valence-electron chi connectivity index (χ2n) is 7.01. The van der Waals surface area contributed by atoms with Gasteiger partial charge in [0.15, 0.2) is 0 Å². The van der Waals surface area contributed by atoms with Crippen LogP contribution in [0.25, 0.3) is 6.08 Å². The van der Waals surface area contributed by atoms with Crippen LogP contribution in [-0.2, 0) is 4.74 Å². The van der Waals surface area contributed by atoms with Crippen molar-refractivity contribution in [1.82, 2.24) is 4.90 Å². The fourth-order valence-corrected chi connectivity index (χ4v) is 2.81. The number of methoxy groups -OCH3 is 1. The fraction of sp³-hybridized carbons (Fsp3) is 0.526. The summed E-state index contributed by atoms with van der Waals surface area (Å²) >= 11 is 0. The highest BCUT2D eigenvalue weighted by molar-refractivity contribution is 5.72. The van der Waals surface area contributed by atoms with Gasteiger partial charge < -0.3 is 19.7 Å². The van der Waals surface area contributed by atoms with Gasteiger partial charge in [-0.3, -0.25) is 0 Å². The lowest BCUT2D eigenvalue weighted by molar-refractivity contribution is 0.0210. The molecule has 0 saturated carbocycles. The van der Waals surface area contributed by atoms with E-state index in [2.05, 4.69) is 11.9 Å². The summed E-state index contributed by atoms with van der Waals surface area (Å²) in [5.74, 6) is 0.807.